The molecule has 1 heteroatoms. The van der Waals surface area contributed by atoms with Crippen molar-refractivity contribution in [2.24, 2.45) is 0 Å². The van der Waals surface area contributed by atoms with Gasteiger partial charge in [-0.15, -0.1) is 0 Å². The first-order valence-electron chi connectivity index (χ1n) is 24.2. The summed E-state index contributed by atoms with van der Waals surface area (Å²) in [5.41, 5.74) is 28.4. The largest absolute Gasteiger partial charge is 0.310 e. The van der Waals surface area contributed by atoms with Crippen LogP contribution in [0, 0.1) is 0 Å². The second-order valence-corrected chi connectivity index (χ2v) is 19.1. The van der Waals surface area contributed by atoms with Crippen LogP contribution in [0.4, 0.5) is 17.1 Å². The molecule has 0 amide bonds. The third-order valence-electron chi connectivity index (χ3n) is 15.9. The van der Waals surface area contributed by atoms with E-state index in [1.165, 1.54) is 111 Å². The highest BCUT2D eigenvalue weighted by atomic mass is 15.1. The van der Waals surface area contributed by atoms with Gasteiger partial charge in [0.1, 0.15) is 0 Å². The summed E-state index contributed by atoms with van der Waals surface area (Å²) in [5.74, 6) is 0. The van der Waals surface area contributed by atoms with Crippen molar-refractivity contribution in [2.45, 2.75) is 10.8 Å². The van der Waals surface area contributed by atoms with Crippen molar-refractivity contribution >= 4 is 17.1 Å². The fourth-order valence-corrected chi connectivity index (χ4v) is 13.2. The van der Waals surface area contributed by atoms with Gasteiger partial charge in [-0.25, -0.2) is 0 Å². The minimum Gasteiger partial charge on any atom is -0.310 e. The summed E-state index contributed by atoms with van der Waals surface area (Å²) in [7, 11) is 0. The Labute approximate surface area is 402 Å². The van der Waals surface area contributed by atoms with E-state index < -0.39 is 10.8 Å². The first-order valence-corrected chi connectivity index (χ1v) is 24.2. The van der Waals surface area contributed by atoms with E-state index in [-0.39, 0.29) is 0 Å². The molecule has 11 aromatic carbocycles. The van der Waals surface area contributed by atoms with Crippen LogP contribution in [-0.2, 0) is 10.8 Å². The minimum absolute atomic E-state index is 0.461. The zero-order chi connectivity index (χ0) is 45.3. The van der Waals surface area contributed by atoms with Crippen molar-refractivity contribution in [1.29, 1.82) is 0 Å². The molecule has 0 heterocycles. The summed E-state index contributed by atoms with van der Waals surface area (Å²) in [6.07, 6.45) is 0. The number of hydrogen-bond donors (Lipinski definition) is 0. The van der Waals surface area contributed by atoms with Gasteiger partial charge < -0.3 is 4.90 Å². The van der Waals surface area contributed by atoms with Crippen molar-refractivity contribution in [1.82, 2.24) is 0 Å². The fraction of sp³-hybridized carbons (Fsp3) is 0.0294. The lowest BCUT2D eigenvalue weighted by Crippen LogP contribution is -2.27. The SMILES string of the molecule is c1ccc(-c2ccc(N(c3ccc4c(c3)C3(c5ccccc5)c5ccccc5-c5cccc-4c53)c3ccc4c(c3)C3(c5ccccc5)c5ccc(-c6ccccc6)cc5-c5cccc-4c53)cc2)cc1. The molecule has 0 aliphatic heterocycles. The minimum atomic E-state index is -0.507. The molecule has 2 unspecified atom stereocenters. The molecule has 0 bridgehead atoms. The average Bonchev–Trinajstić information content (AvgIpc) is 4.11. The highest BCUT2D eigenvalue weighted by Crippen LogP contribution is 2.67. The quantitative estimate of drug-likeness (QED) is 0.154. The maximum atomic E-state index is 2.52. The van der Waals surface area contributed by atoms with Gasteiger partial charge in [-0.2, -0.15) is 0 Å². The highest BCUT2D eigenvalue weighted by molar-refractivity contribution is 6.02. The number of hydrogen-bond acceptors (Lipinski definition) is 1. The van der Waals surface area contributed by atoms with E-state index in [0.717, 1.165) is 17.1 Å². The monoisotopic (exact) mass is 873 g/mol. The fourth-order valence-electron chi connectivity index (χ4n) is 13.2. The van der Waals surface area contributed by atoms with Crippen LogP contribution in [0.2, 0.25) is 0 Å². The molecule has 11 aromatic rings. The van der Waals surface area contributed by atoms with E-state index in [0.29, 0.717) is 0 Å². The zero-order valence-corrected chi connectivity index (χ0v) is 37.8. The van der Waals surface area contributed by atoms with E-state index in [1.807, 2.05) is 0 Å². The Morgan fingerprint density at radius 2 is 0.594 bits per heavy atom. The van der Waals surface area contributed by atoms with Crippen molar-refractivity contribution in [3.05, 3.63) is 305 Å². The number of fused-ring (bicyclic) bond motifs is 12. The summed E-state index contributed by atoms with van der Waals surface area (Å²) in [6.45, 7) is 0. The number of benzene rings is 11. The maximum absolute atomic E-state index is 2.52. The summed E-state index contributed by atoms with van der Waals surface area (Å²) in [6, 6.07) is 97.9. The first-order chi connectivity index (χ1) is 34.2. The summed E-state index contributed by atoms with van der Waals surface area (Å²) >= 11 is 0. The smallest absolute Gasteiger partial charge is 0.0726 e. The lowest BCUT2D eigenvalue weighted by atomic mass is 9.70. The maximum Gasteiger partial charge on any atom is 0.0726 e. The topological polar surface area (TPSA) is 3.24 Å². The van der Waals surface area contributed by atoms with E-state index in [9.17, 15) is 0 Å². The Bertz CT molecular complexity index is 3870. The number of anilines is 3. The lowest BCUT2D eigenvalue weighted by Gasteiger charge is -2.34. The third kappa shape index (κ3) is 5.09. The van der Waals surface area contributed by atoms with Crippen molar-refractivity contribution in [3.63, 3.8) is 0 Å². The molecule has 0 saturated carbocycles. The van der Waals surface area contributed by atoms with Crippen LogP contribution in [0.1, 0.15) is 44.5 Å². The van der Waals surface area contributed by atoms with Gasteiger partial charge in [0.25, 0.3) is 0 Å². The molecular formula is C68H43N. The van der Waals surface area contributed by atoms with E-state index >= 15 is 0 Å². The van der Waals surface area contributed by atoms with Gasteiger partial charge in [0.2, 0.25) is 0 Å². The standard InChI is InChI=1S/C68H43N/c1-5-17-44(18-6-1)46-31-34-50(35-32-46)69(51-36-38-54-57-27-15-26-56-53-25-13-14-30-61(53)67(65(56)57,63(54)42-51)48-21-9-3-10-22-48)52-37-39-55-58-28-16-29-59-60-41-47(45-19-7-2-8-20-45)33-40-62(60)68(66(58)59,64(55)43-52)49-23-11-4-12-24-49/h1-43H. The van der Waals surface area contributed by atoms with Gasteiger partial charge in [0.15, 0.2) is 0 Å². The molecule has 69 heavy (non-hydrogen) atoms. The predicted molar refractivity (Wildman–Crippen MR) is 285 cm³/mol. The Kier molecular flexibility index (Phi) is 7.98. The Morgan fingerprint density at radius 1 is 0.217 bits per heavy atom. The van der Waals surface area contributed by atoms with Crippen molar-refractivity contribution < 1.29 is 0 Å². The van der Waals surface area contributed by atoms with Crippen LogP contribution in [0.3, 0.4) is 0 Å². The summed E-state index contributed by atoms with van der Waals surface area (Å²) in [5, 5.41) is 0. The zero-order valence-electron chi connectivity index (χ0n) is 37.8. The van der Waals surface area contributed by atoms with Crippen molar-refractivity contribution in [2.75, 3.05) is 4.90 Å². The summed E-state index contributed by atoms with van der Waals surface area (Å²) < 4.78 is 0. The molecule has 4 aliphatic carbocycles. The van der Waals surface area contributed by atoms with Crippen LogP contribution in [0.15, 0.2) is 261 Å². The average molecular weight is 874 g/mol. The molecule has 0 aromatic heterocycles. The Morgan fingerprint density at radius 3 is 1.13 bits per heavy atom. The van der Waals surface area contributed by atoms with Gasteiger partial charge >= 0.3 is 0 Å². The second-order valence-electron chi connectivity index (χ2n) is 19.1. The molecule has 1 nitrogen and oxygen atoms in total. The molecule has 320 valence electrons. The van der Waals surface area contributed by atoms with E-state index in [2.05, 4.69) is 266 Å². The number of rotatable bonds is 7. The second kappa shape index (κ2) is 14.4. The van der Waals surface area contributed by atoms with Crippen molar-refractivity contribution in [3.8, 4) is 66.8 Å². The molecule has 15 rings (SSSR count). The Hall–Kier alpha value is -8.78. The summed E-state index contributed by atoms with van der Waals surface area (Å²) in [4.78, 5) is 2.51. The van der Waals surface area contributed by atoms with Gasteiger partial charge in [-0.05, 0) is 154 Å². The normalized spacial score (nSPS) is 16.8. The Balaban J connectivity index is 0.981. The molecule has 0 radical (unpaired) electrons. The molecule has 0 fully saturated rings. The molecule has 0 saturated heterocycles. The third-order valence-corrected chi connectivity index (χ3v) is 15.9. The van der Waals surface area contributed by atoms with Crippen LogP contribution < -0.4 is 4.90 Å². The van der Waals surface area contributed by atoms with Gasteiger partial charge in [0, 0.05) is 17.1 Å². The molecule has 2 atom stereocenters. The molecule has 0 N–H and O–H groups in total. The lowest BCUT2D eigenvalue weighted by molar-refractivity contribution is 0.791. The first kappa shape index (κ1) is 38.3. The van der Waals surface area contributed by atoms with Gasteiger partial charge in [-0.1, -0.05) is 218 Å². The molecule has 0 spiro atoms. The highest BCUT2D eigenvalue weighted by Gasteiger charge is 2.54. The molecule has 4 aliphatic rings. The van der Waals surface area contributed by atoms with Crippen LogP contribution in [-0.4, -0.2) is 0 Å². The van der Waals surface area contributed by atoms with Crippen LogP contribution >= 0.6 is 0 Å². The molecular weight excluding hydrogens is 831 g/mol. The number of nitrogens with zero attached hydrogens (tertiary/aromatic N) is 1. The van der Waals surface area contributed by atoms with E-state index in [1.54, 1.807) is 0 Å². The van der Waals surface area contributed by atoms with E-state index in [4.69, 9.17) is 0 Å². The predicted octanol–water partition coefficient (Wildman–Crippen LogP) is 17.2. The van der Waals surface area contributed by atoms with Gasteiger partial charge in [0.05, 0.1) is 10.8 Å². The van der Waals surface area contributed by atoms with Crippen LogP contribution in [0.25, 0.3) is 66.8 Å². The van der Waals surface area contributed by atoms with Crippen LogP contribution in [0.5, 0.6) is 0 Å². The van der Waals surface area contributed by atoms with Gasteiger partial charge in [-0.3, -0.25) is 0 Å².